The Morgan fingerprint density at radius 2 is 2.29 bits per heavy atom. The first-order valence-electron chi connectivity index (χ1n) is 4.25. The van der Waals surface area contributed by atoms with Crippen molar-refractivity contribution in [3.05, 3.63) is 0 Å². The second kappa shape index (κ2) is 4.23. The van der Waals surface area contributed by atoms with Crippen molar-refractivity contribution in [2.45, 2.75) is 43.1 Å². The molecule has 3 atom stereocenters. The summed E-state index contributed by atoms with van der Waals surface area (Å²) in [7, 11) is 0. The van der Waals surface area contributed by atoms with Crippen LogP contribution in [0.15, 0.2) is 0 Å². The van der Waals surface area contributed by atoms with Crippen LogP contribution in [0.5, 0.6) is 0 Å². The average molecular weight is 243 g/mol. The molecule has 1 saturated heterocycles. The first kappa shape index (κ1) is 12.0. The summed E-state index contributed by atoms with van der Waals surface area (Å²) < 4.78 is 10.3. The third-order valence-corrected chi connectivity index (χ3v) is 2.55. The number of halogens is 2. The van der Waals surface area contributed by atoms with Crippen LogP contribution in [-0.4, -0.2) is 33.9 Å². The van der Waals surface area contributed by atoms with Crippen LogP contribution >= 0.6 is 23.2 Å². The number of hydrogen-bond donors (Lipinski definition) is 1. The monoisotopic (exact) mass is 242 g/mol. The molecule has 1 N–H and O–H groups in total. The lowest BCUT2D eigenvalue weighted by molar-refractivity contribution is -0.183. The molecule has 1 fully saturated rings. The van der Waals surface area contributed by atoms with Gasteiger partial charge in [0.05, 0.1) is 11.5 Å². The Labute approximate surface area is 92.1 Å². The van der Waals surface area contributed by atoms with Gasteiger partial charge < -0.3 is 14.6 Å². The van der Waals surface area contributed by atoms with Gasteiger partial charge in [0.2, 0.25) is 5.06 Å². The van der Waals surface area contributed by atoms with Crippen molar-refractivity contribution in [3.63, 3.8) is 0 Å². The van der Waals surface area contributed by atoms with Gasteiger partial charge in [-0.1, -0.05) is 11.6 Å². The maximum Gasteiger partial charge on any atom is 0.352 e. The lowest BCUT2D eigenvalue weighted by Gasteiger charge is -2.19. The number of carboxylic acid groups (broad SMARTS) is 1. The Kier molecular flexibility index (Phi) is 3.63. The largest absolute Gasteiger partial charge is 0.478 e. The predicted molar refractivity (Wildman–Crippen MR) is 51.6 cm³/mol. The average Bonchev–Trinajstić information content (AvgIpc) is 2.27. The molecule has 4 nitrogen and oxygen atoms in total. The van der Waals surface area contributed by atoms with E-state index in [2.05, 4.69) is 0 Å². The Hall–Kier alpha value is -0.0300. The molecule has 3 unspecified atom stereocenters. The van der Waals surface area contributed by atoms with Crippen LogP contribution in [-0.2, 0) is 14.3 Å². The summed E-state index contributed by atoms with van der Waals surface area (Å²) in [5, 5.41) is 6.49. The highest BCUT2D eigenvalue weighted by atomic mass is 35.5. The summed E-state index contributed by atoms with van der Waals surface area (Å²) >= 11 is 11.5. The van der Waals surface area contributed by atoms with Gasteiger partial charge in [0.1, 0.15) is 0 Å². The van der Waals surface area contributed by atoms with E-state index in [1.165, 1.54) is 0 Å². The van der Waals surface area contributed by atoms with Gasteiger partial charge in [-0.3, -0.25) is 0 Å². The third kappa shape index (κ3) is 2.51. The van der Waals surface area contributed by atoms with Crippen molar-refractivity contribution < 1.29 is 19.4 Å². The zero-order valence-electron chi connectivity index (χ0n) is 7.87. The third-order valence-electron chi connectivity index (χ3n) is 1.78. The molecule has 0 aromatic rings. The normalized spacial score (nSPS) is 37.8. The number of rotatable bonds is 3. The number of carboxylic acids is 1. The molecule has 1 aliphatic rings. The molecule has 0 saturated carbocycles. The fourth-order valence-corrected chi connectivity index (χ4v) is 1.83. The predicted octanol–water partition coefficient (Wildman–Crippen LogP) is 1.78. The molecule has 0 aromatic carbocycles. The highest BCUT2D eigenvalue weighted by Crippen LogP contribution is 2.38. The second-order valence-electron chi connectivity index (χ2n) is 3.42. The quantitative estimate of drug-likeness (QED) is 0.767. The molecular formula is C8H12Cl2O4. The fourth-order valence-electron chi connectivity index (χ4n) is 1.17. The van der Waals surface area contributed by atoms with Crippen molar-refractivity contribution >= 4 is 29.2 Å². The van der Waals surface area contributed by atoms with E-state index in [0.717, 1.165) is 0 Å². The minimum atomic E-state index is -1.74. The topological polar surface area (TPSA) is 55.8 Å². The van der Waals surface area contributed by atoms with E-state index >= 15 is 0 Å². The molecule has 1 rings (SSSR count). The minimum absolute atomic E-state index is 0.0306. The van der Waals surface area contributed by atoms with E-state index in [-0.39, 0.29) is 12.5 Å². The van der Waals surface area contributed by atoms with Gasteiger partial charge in [-0.05, 0) is 13.8 Å². The van der Waals surface area contributed by atoms with Gasteiger partial charge in [0.25, 0.3) is 0 Å². The van der Waals surface area contributed by atoms with Gasteiger partial charge in [0.15, 0.2) is 6.29 Å². The molecule has 6 heteroatoms. The molecule has 14 heavy (non-hydrogen) atoms. The lowest BCUT2D eigenvalue weighted by Crippen LogP contribution is -2.33. The van der Waals surface area contributed by atoms with Gasteiger partial charge >= 0.3 is 5.97 Å². The summed E-state index contributed by atoms with van der Waals surface area (Å²) in [4.78, 5) is 10.7. The summed E-state index contributed by atoms with van der Waals surface area (Å²) in [6.45, 7) is 3.62. The SMILES string of the molecule is CC(C)OC1OC(Cl)(C(=O)O)CC1Cl. The van der Waals surface area contributed by atoms with Crippen molar-refractivity contribution in [3.8, 4) is 0 Å². The first-order valence-corrected chi connectivity index (χ1v) is 5.06. The van der Waals surface area contributed by atoms with E-state index in [9.17, 15) is 4.79 Å². The van der Waals surface area contributed by atoms with Crippen LogP contribution in [0.25, 0.3) is 0 Å². The smallest absolute Gasteiger partial charge is 0.352 e. The minimum Gasteiger partial charge on any atom is -0.478 e. The van der Waals surface area contributed by atoms with Crippen LogP contribution in [0.2, 0.25) is 0 Å². The highest BCUT2D eigenvalue weighted by Gasteiger charge is 2.51. The van der Waals surface area contributed by atoms with E-state index in [1.54, 1.807) is 0 Å². The molecule has 1 heterocycles. The van der Waals surface area contributed by atoms with Crippen LogP contribution in [0.1, 0.15) is 20.3 Å². The van der Waals surface area contributed by atoms with E-state index < -0.39 is 22.7 Å². The molecule has 82 valence electrons. The zero-order valence-corrected chi connectivity index (χ0v) is 9.38. The number of ether oxygens (including phenoxy) is 2. The maximum absolute atomic E-state index is 10.7. The number of hydrogen-bond acceptors (Lipinski definition) is 3. The zero-order chi connectivity index (χ0) is 10.9. The number of alkyl halides is 2. The second-order valence-corrected chi connectivity index (χ2v) is 4.60. The van der Waals surface area contributed by atoms with Crippen LogP contribution in [0, 0.1) is 0 Å². The van der Waals surface area contributed by atoms with Gasteiger partial charge in [-0.2, -0.15) is 0 Å². The number of carbonyl (C=O) groups is 1. The highest BCUT2D eigenvalue weighted by molar-refractivity contribution is 6.33. The molecule has 0 amide bonds. The summed E-state index contributed by atoms with van der Waals surface area (Å²) in [5.41, 5.74) is 0. The molecule has 1 aliphatic heterocycles. The standard InChI is InChI=1S/C8H12Cl2O4/c1-4(2)13-6-5(9)3-8(10,14-6)7(11)12/h4-6H,3H2,1-2H3,(H,11,12). The Morgan fingerprint density at radius 1 is 1.71 bits per heavy atom. The van der Waals surface area contributed by atoms with Gasteiger partial charge in [-0.25, -0.2) is 4.79 Å². The molecule has 0 radical (unpaired) electrons. The number of aliphatic carboxylic acids is 1. The van der Waals surface area contributed by atoms with Crippen molar-refractivity contribution in [2.75, 3.05) is 0 Å². The Bertz CT molecular complexity index is 233. The van der Waals surface area contributed by atoms with E-state index in [4.69, 9.17) is 37.8 Å². The van der Waals surface area contributed by atoms with Crippen molar-refractivity contribution in [1.82, 2.24) is 0 Å². The maximum atomic E-state index is 10.7. The molecule has 0 aliphatic carbocycles. The van der Waals surface area contributed by atoms with Crippen molar-refractivity contribution in [2.24, 2.45) is 0 Å². The summed E-state index contributed by atoms with van der Waals surface area (Å²) in [6, 6.07) is 0. The molecule has 0 bridgehead atoms. The van der Waals surface area contributed by atoms with Crippen molar-refractivity contribution in [1.29, 1.82) is 0 Å². The van der Waals surface area contributed by atoms with Crippen LogP contribution in [0.4, 0.5) is 0 Å². The fraction of sp³-hybridized carbons (Fsp3) is 0.875. The molecule has 0 spiro atoms. The Morgan fingerprint density at radius 3 is 2.64 bits per heavy atom. The molecular weight excluding hydrogens is 231 g/mol. The Balaban J connectivity index is 2.64. The van der Waals surface area contributed by atoms with Gasteiger partial charge in [-0.15, -0.1) is 11.6 Å². The van der Waals surface area contributed by atoms with Crippen LogP contribution in [0.3, 0.4) is 0 Å². The summed E-state index contributed by atoms with van der Waals surface area (Å²) in [5.74, 6) is -1.24. The van der Waals surface area contributed by atoms with Crippen LogP contribution < -0.4 is 0 Å². The molecule has 0 aromatic heterocycles. The van der Waals surface area contributed by atoms with Gasteiger partial charge in [0, 0.05) is 6.42 Å². The first-order chi connectivity index (χ1) is 6.35. The lowest BCUT2D eigenvalue weighted by atomic mass is 10.2. The van der Waals surface area contributed by atoms with E-state index in [1.807, 2.05) is 13.8 Å². The summed E-state index contributed by atoms with van der Waals surface area (Å²) in [6.07, 6.45) is -0.817. The van der Waals surface area contributed by atoms with E-state index in [0.29, 0.717) is 0 Å².